The van der Waals surface area contributed by atoms with Crippen LogP contribution in [0.5, 0.6) is 0 Å². The van der Waals surface area contributed by atoms with E-state index in [0.29, 0.717) is 17.7 Å². The molecule has 0 radical (unpaired) electrons. The van der Waals surface area contributed by atoms with Crippen LogP contribution in [0.25, 0.3) is 0 Å². The van der Waals surface area contributed by atoms with Gasteiger partial charge in [0.05, 0.1) is 5.56 Å². The number of hydrogen-bond donors (Lipinski definition) is 1. The summed E-state index contributed by atoms with van der Waals surface area (Å²) in [7, 11) is 0. The lowest BCUT2D eigenvalue weighted by molar-refractivity contribution is 0.0739. The maximum absolute atomic E-state index is 13.8. The van der Waals surface area contributed by atoms with Gasteiger partial charge in [-0.15, -0.1) is 0 Å². The highest BCUT2D eigenvalue weighted by molar-refractivity contribution is 5.93. The highest BCUT2D eigenvalue weighted by Crippen LogP contribution is 2.13. The standard InChI is InChI=1S/C17H19FN2O2/c1-2-3-10-20(12-14-6-4-5-7-15(14)18)17(22)13-8-9-16(21)19-11-13/h4-9,11H,2-3,10,12H2,1H3,(H,19,21). The Morgan fingerprint density at radius 3 is 2.64 bits per heavy atom. The number of nitrogens with zero attached hydrogens (tertiary/aromatic N) is 1. The van der Waals surface area contributed by atoms with Crippen molar-refractivity contribution in [1.29, 1.82) is 0 Å². The smallest absolute Gasteiger partial charge is 0.255 e. The molecule has 1 heterocycles. The number of hydrogen-bond acceptors (Lipinski definition) is 2. The van der Waals surface area contributed by atoms with E-state index < -0.39 is 0 Å². The van der Waals surface area contributed by atoms with E-state index in [2.05, 4.69) is 4.98 Å². The van der Waals surface area contributed by atoms with Gasteiger partial charge >= 0.3 is 0 Å². The van der Waals surface area contributed by atoms with E-state index in [1.54, 1.807) is 23.1 Å². The SMILES string of the molecule is CCCCN(Cc1ccccc1F)C(=O)c1ccc(=O)[nH]c1. The molecule has 2 rings (SSSR count). The number of rotatable bonds is 6. The maximum Gasteiger partial charge on any atom is 0.255 e. The van der Waals surface area contributed by atoms with Gasteiger partial charge in [0, 0.05) is 30.9 Å². The van der Waals surface area contributed by atoms with Gasteiger partial charge < -0.3 is 9.88 Å². The Morgan fingerprint density at radius 1 is 1.23 bits per heavy atom. The molecule has 22 heavy (non-hydrogen) atoms. The first-order chi connectivity index (χ1) is 10.6. The van der Waals surface area contributed by atoms with Crippen LogP contribution in [0.2, 0.25) is 0 Å². The summed E-state index contributed by atoms with van der Waals surface area (Å²) in [5, 5.41) is 0. The zero-order chi connectivity index (χ0) is 15.9. The minimum absolute atomic E-state index is 0.213. The number of unbranched alkanes of at least 4 members (excludes halogenated alkanes) is 1. The molecule has 0 aliphatic carbocycles. The second kappa shape index (κ2) is 7.54. The number of carbonyl (C=O) groups excluding carboxylic acids is 1. The van der Waals surface area contributed by atoms with Crippen LogP contribution in [0.1, 0.15) is 35.7 Å². The number of aromatic nitrogens is 1. The van der Waals surface area contributed by atoms with Crippen molar-refractivity contribution in [1.82, 2.24) is 9.88 Å². The highest BCUT2D eigenvalue weighted by Gasteiger charge is 2.17. The molecular formula is C17H19FN2O2. The number of H-pyrrole nitrogens is 1. The van der Waals surface area contributed by atoms with Crippen LogP contribution in [-0.4, -0.2) is 22.3 Å². The number of aromatic amines is 1. The molecule has 0 unspecified atom stereocenters. The van der Waals surface area contributed by atoms with Crippen LogP contribution < -0.4 is 5.56 Å². The first kappa shape index (κ1) is 15.9. The van der Waals surface area contributed by atoms with Gasteiger partial charge in [0.15, 0.2) is 0 Å². The van der Waals surface area contributed by atoms with Gasteiger partial charge in [-0.2, -0.15) is 0 Å². The van der Waals surface area contributed by atoms with Crippen LogP contribution in [-0.2, 0) is 6.54 Å². The third-order valence-electron chi connectivity index (χ3n) is 3.42. The van der Waals surface area contributed by atoms with Gasteiger partial charge in [-0.3, -0.25) is 9.59 Å². The largest absolute Gasteiger partial charge is 0.334 e. The summed E-state index contributed by atoms with van der Waals surface area (Å²) in [6.07, 6.45) is 3.17. The van der Waals surface area contributed by atoms with Crippen molar-refractivity contribution in [3.8, 4) is 0 Å². The predicted molar refractivity (Wildman–Crippen MR) is 83.1 cm³/mol. The van der Waals surface area contributed by atoms with Crippen LogP contribution in [0.4, 0.5) is 4.39 Å². The molecule has 0 aliphatic heterocycles. The van der Waals surface area contributed by atoms with E-state index in [1.807, 2.05) is 6.92 Å². The van der Waals surface area contributed by atoms with Gasteiger partial charge in [-0.05, 0) is 18.6 Å². The fourth-order valence-electron chi connectivity index (χ4n) is 2.16. The van der Waals surface area contributed by atoms with Gasteiger partial charge in [-0.25, -0.2) is 4.39 Å². The van der Waals surface area contributed by atoms with Crippen LogP contribution >= 0.6 is 0 Å². The number of carbonyl (C=O) groups is 1. The Hall–Kier alpha value is -2.43. The maximum atomic E-state index is 13.8. The van der Waals surface area contributed by atoms with Crippen molar-refractivity contribution in [3.05, 3.63) is 69.9 Å². The van der Waals surface area contributed by atoms with Gasteiger partial charge in [-0.1, -0.05) is 31.5 Å². The molecule has 0 spiro atoms. The van der Waals surface area contributed by atoms with Crippen molar-refractivity contribution in [3.63, 3.8) is 0 Å². The molecule has 4 nitrogen and oxygen atoms in total. The first-order valence-electron chi connectivity index (χ1n) is 7.33. The van der Waals surface area contributed by atoms with Crippen molar-refractivity contribution in [2.75, 3.05) is 6.54 Å². The van der Waals surface area contributed by atoms with E-state index in [-0.39, 0.29) is 23.8 Å². The van der Waals surface area contributed by atoms with E-state index >= 15 is 0 Å². The summed E-state index contributed by atoms with van der Waals surface area (Å²) < 4.78 is 13.8. The molecule has 0 fully saturated rings. The molecule has 0 aliphatic rings. The highest BCUT2D eigenvalue weighted by atomic mass is 19.1. The number of nitrogens with one attached hydrogen (secondary N) is 1. The van der Waals surface area contributed by atoms with Gasteiger partial charge in [0.2, 0.25) is 5.56 Å². The summed E-state index contributed by atoms with van der Waals surface area (Å²) in [6.45, 7) is 2.79. The quantitative estimate of drug-likeness (QED) is 0.892. The molecule has 0 atom stereocenters. The number of benzene rings is 1. The Labute approximate surface area is 128 Å². The van der Waals surface area contributed by atoms with Crippen LogP contribution in [0.3, 0.4) is 0 Å². The Bertz CT molecular complexity index is 677. The molecule has 2 aromatic rings. The lowest BCUT2D eigenvalue weighted by Crippen LogP contribution is -2.32. The van der Waals surface area contributed by atoms with Crippen LogP contribution in [0, 0.1) is 5.82 Å². The predicted octanol–water partition coefficient (Wildman–Crippen LogP) is 2.96. The summed E-state index contributed by atoms with van der Waals surface area (Å²) in [6, 6.07) is 9.24. The first-order valence-corrected chi connectivity index (χ1v) is 7.33. The number of pyridine rings is 1. The van der Waals surface area contributed by atoms with Gasteiger partial charge in [0.1, 0.15) is 5.82 Å². The zero-order valence-corrected chi connectivity index (χ0v) is 12.5. The van der Waals surface area contributed by atoms with Crippen molar-refractivity contribution in [2.24, 2.45) is 0 Å². The minimum atomic E-state index is -0.321. The van der Waals surface area contributed by atoms with Crippen molar-refractivity contribution >= 4 is 5.91 Å². The Morgan fingerprint density at radius 2 is 2.00 bits per heavy atom. The molecule has 1 N–H and O–H groups in total. The monoisotopic (exact) mass is 302 g/mol. The third-order valence-corrected chi connectivity index (χ3v) is 3.42. The van der Waals surface area contributed by atoms with E-state index in [9.17, 15) is 14.0 Å². The third kappa shape index (κ3) is 4.04. The normalized spacial score (nSPS) is 10.5. The molecule has 0 bridgehead atoms. The number of amides is 1. The van der Waals surface area contributed by atoms with E-state index in [4.69, 9.17) is 0 Å². The molecule has 1 aromatic heterocycles. The zero-order valence-electron chi connectivity index (χ0n) is 12.5. The lowest BCUT2D eigenvalue weighted by atomic mass is 10.1. The molecule has 1 aromatic carbocycles. The Kier molecular flexibility index (Phi) is 5.47. The topological polar surface area (TPSA) is 53.2 Å². The average Bonchev–Trinajstić information content (AvgIpc) is 2.53. The summed E-state index contributed by atoms with van der Waals surface area (Å²) in [5.74, 6) is -0.536. The number of halogens is 1. The van der Waals surface area contributed by atoms with Crippen molar-refractivity contribution < 1.29 is 9.18 Å². The second-order valence-electron chi connectivity index (χ2n) is 5.11. The summed E-state index contributed by atoms with van der Waals surface area (Å²) in [4.78, 5) is 27.7. The second-order valence-corrected chi connectivity index (χ2v) is 5.11. The fraction of sp³-hybridized carbons (Fsp3) is 0.294. The molecule has 0 saturated carbocycles. The molecule has 116 valence electrons. The molecule has 1 amide bonds. The minimum Gasteiger partial charge on any atom is -0.334 e. The van der Waals surface area contributed by atoms with Gasteiger partial charge in [0.25, 0.3) is 5.91 Å². The van der Waals surface area contributed by atoms with Crippen molar-refractivity contribution in [2.45, 2.75) is 26.3 Å². The Balaban J connectivity index is 2.21. The molecule has 5 heteroatoms. The average molecular weight is 302 g/mol. The fourth-order valence-corrected chi connectivity index (χ4v) is 2.16. The lowest BCUT2D eigenvalue weighted by Gasteiger charge is -2.23. The molecule has 0 saturated heterocycles. The molecular weight excluding hydrogens is 283 g/mol. The van der Waals surface area contributed by atoms with E-state index in [0.717, 1.165) is 12.8 Å². The van der Waals surface area contributed by atoms with E-state index in [1.165, 1.54) is 24.4 Å². The summed E-state index contributed by atoms with van der Waals surface area (Å²) >= 11 is 0. The van der Waals surface area contributed by atoms with Crippen LogP contribution in [0.15, 0.2) is 47.4 Å². The summed E-state index contributed by atoms with van der Waals surface area (Å²) in [5.41, 5.74) is 0.620.